The number of aliphatic hydroxyl groups excluding tert-OH is 1. The summed E-state index contributed by atoms with van der Waals surface area (Å²) in [4.78, 5) is 10.3. The lowest BCUT2D eigenvalue weighted by Gasteiger charge is -2.15. The summed E-state index contributed by atoms with van der Waals surface area (Å²) in [6, 6.07) is 3.55. The highest BCUT2D eigenvalue weighted by Crippen LogP contribution is 2.25. The Morgan fingerprint density at radius 1 is 1.41 bits per heavy atom. The molecular formula is C12H15ClO4. The lowest BCUT2D eigenvalue weighted by molar-refractivity contribution is -0.143. The molecule has 0 bridgehead atoms. The monoisotopic (exact) mass is 258 g/mol. The fourth-order valence-corrected chi connectivity index (χ4v) is 1.73. The molecule has 94 valence electrons. The van der Waals surface area contributed by atoms with Crippen molar-refractivity contribution in [3.63, 3.8) is 0 Å². The van der Waals surface area contributed by atoms with Gasteiger partial charge in [0.05, 0.1) is 6.61 Å². The van der Waals surface area contributed by atoms with Crippen LogP contribution in [0.25, 0.3) is 0 Å². The second kappa shape index (κ2) is 6.00. The number of aliphatic carboxylic acids is 1. The summed E-state index contributed by atoms with van der Waals surface area (Å²) in [6.45, 7) is 3.22. The number of halogens is 1. The fourth-order valence-electron chi connectivity index (χ4n) is 1.51. The zero-order valence-electron chi connectivity index (χ0n) is 9.74. The second-order valence-corrected chi connectivity index (χ2v) is 4.29. The number of carboxylic acid groups (broad SMARTS) is 1. The van der Waals surface area contributed by atoms with Gasteiger partial charge in [-0.2, -0.15) is 0 Å². The summed E-state index contributed by atoms with van der Waals surface area (Å²) in [7, 11) is 0. The Bertz CT molecular complexity index is 417. The van der Waals surface area contributed by atoms with Crippen LogP contribution < -0.4 is 0 Å². The molecule has 0 fully saturated rings. The van der Waals surface area contributed by atoms with Crippen LogP contribution in [0.1, 0.15) is 22.8 Å². The Labute approximate surface area is 105 Å². The molecule has 0 saturated heterocycles. The van der Waals surface area contributed by atoms with Crippen molar-refractivity contribution in [1.29, 1.82) is 0 Å². The molecule has 0 amide bonds. The third-order valence-corrected chi connectivity index (χ3v) is 2.81. The number of aliphatic hydroxyl groups is 1. The topological polar surface area (TPSA) is 66.8 Å². The summed E-state index contributed by atoms with van der Waals surface area (Å²) in [5.41, 5.74) is 2.42. The van der Waals surface area contributed by atoms with Crippen LogP contribution in [0.5, 0.6) is 0 Å². The number of hydrogen-bond donors (Lipinski definition) is 2. The molecular weight excluding hydrogens is 244 g/mol. The Hall–Kier alpha value is -1.10. The maximum absolute atomic E-state index is 10.3. The van der Waals surface area contributed by atoms with Crippen molar-refractivity contribution < 1.29 is 19.7 Å². The van der Waals surface area contributed by atoms with Crippen LogP contribution in [-0.2, 0) is 9.53 Å². The van der Waals surface area contributed by atoms with Crippen molar-refractivity contribution in [2.24, 2.45) is 0 Å². The first-order chi connectivity index (χ1) is 7.91. The highest BCUT2D eigenvalue weighted by Gasteiger charge is 2.13. The number of hydrogen-bond acceptors (Lipinski definition) is 3. The third-order valence-electron chi connectivity index (χ3n) is 2.41. The molecule has 17 heavy (non-hydrogen) atoms. The van der Waals surface area contributed by atoms with Crippen LogP contribution in [0.3, 0.4) is 0 Å². The van der Waals surface area contributed by atoms with Crippen molar-refractivity contribution in [3.05, 3.63) is 33.8 Å². The summed E-state index contributed by atoms with van der Waals surface area (Å²) >= 11 is 5.95. The van der Waals surface area contributed by atoms with Gasteiger partial charge in [0.15, 0.2) is 0 Å². The first kappa shape index (κ1) is 14.0. The molecule has 0 saturated carbocycles. The van der Waals surface area contributed by atoms with Crippen LogP contribution in [0.4, 0.5) is 0 Å². The van der Waals surface area contributed by atoms with E-state index in [0.29, 0.717) is 10.6 Å². The Morgan fingerprint density at radius 3 is 2.65 bits per heavy atom. The summed E-state index contributed by atoms with van der Waals surface area (Å²) in [5.74, 6) is -1.05. The van der Waals surface area contributed by atoms with Gasteiger partial charge in [0.2, 0.25) is 0 Å². The Balaban J connectivity index is 2.71. The molecule has 0 aliphatic heterocycles. The lowest BCUT2D eigenvalue weighted by atomic mass is 10.0. The molecule has 2 N–H and O–H groups in total. The van der Waals surface area contributed by atoms with E-state index in [-0.39, 0.29) is 6.61 Å². The molecule has 1 rings (SSSR count). The van der Waals surface area contributed by atoms with Gasteiger partial charge in [0, 0.05) is 5.02 Å². The van der Waals surface area contributed by atoms with Gasteiger partial charge in [-0.3, -0.25) is 0 Å². The maximum atomic E-state index is 10.3. The van der Waals surface area contributed by atoms with E-state index in [2.05, 4.69) is 0 Å². The number of ether oxygens (including phenoxy) is 1. The van der Waals surface area contributed by atoms with E-state index in [9.17, 15) is 9.90 Å². The minimum Gasteiger partial charge on any atom is -0.480 e. The van der Waals surface area contributed by atoms with Gasteiger partial charge in [-0.15, -0.1) is 0 Å². The second-order valence-electron chi connectivity index (χ2n) is 3.88. The van der Waals surface area contributed by atoms with Gasteiger partial charge in [0.1, 0.15) is 12.7 Å². The van der Waals surface area contributed by atoms with Crippen LogP contribution in [-0.4, -0.2) is 29.4 Å². The Kier molecular flexibility index (Phi) is 4.93. The quantitative estimate of drug-likeness (QED) is 0.849. The van der Waals surface area contributed by atoms with Crippen molar-refractivity contribution in [3.8, 4) is 0 Å². The van der Waals surface area contributed by atoms with E-state index in [1.165, 1.54) is 0 Å². The Morgan fingerprint density at radius 2 is 2.06 bits per heavy atom. The highest BCUT2D eigenvalue weighted by atomic mass is 35.5. The number of aryl methyl sites for hydroxylation is 2. The van der Waals surface area contributed by atoms with Gasteiger partial charge >= 0.3 is 5.97 Å². The fraction of sp³-hybridized carbons (Fsp3) is 0.417. The van der Waals surface area contributed by atoms with E-state index in [4.69, 9.17) is 21.4 Å². The SMILES string of the molecule is Cc1cc(C(O)COCC(=O)O)c(C)cc1Cl. The van der Waals surface area contributed by atoms with Gasteiger partial charge in [-0.1, -0.05) is 17.7 Å². The van der Waals surface area contributed by atoms with E-state index >= 15 is 0 Å². The zero-order valence-corrected chi connectivity index (χ0v) is 10.5. The molecule has 1 aromatic carbocycles. The zero-order chi connectivity index (χ0) is 13.0. The van der Waals surface area contributed by atoms with Gasteiger partial charge in [-0.25, -0.2) is 4.79 Å². The minimum absolute atomic E-state index is 0.0474. The molecule has 0 heterocycles. The molecule has 0 spiro atoms. The van der Waals surface area contributed by atoms with Gasteiger partial charge < -0.3 is 14.9 Å². The molecule has 5 heteroatoms. The molecule has 1 aromatic rings. The summed E-state index contributed by atoms with van der Waals surface area (Å²) in [5, 5.41) is 18.9. The number of rotatable bonds is 5. The number of carboxylic acids is 1. The van der Waals surface area contributed by atoms with Gasteiger partial charge in [0.25, 0.3) is 0 Å². The molecule has 4 nitrogen and oxygen atoms in total. The van der Waals surface area contributed by atoms with Crippen LogP contribution >= 0.6 is 11.6 Å². The number of benzene rings is 1. The van der Waals surface area contributed by atoms with Crippen molar-refractivity contribution in [2.45, 2.75) is 20.0 Å². The van der Waals surface area contributed by atoms with Crippen LogP contribution in [0.15, 0.2) is 12.1 Å². The van der Waals surface area contributed by atoms with Crippen molar-refractivity contribution in [2.75, 3.05) is 13.2 Å². The third kappa shape index (κ3) is 4.00. The summed E-state index contributed by atoms with van der Waals surface area (Å²) < 4.78 is 4.85. The predicted molar refractivity (Wildman–Crippen MR) is 64.3 cm³/mol. The average Bonchev–Trinajstić information content (AvgIpc) is 2.22. The highest BCUT2D eigenvalue weighted by molar-refractivity contribution is 6.31. The molecule has 0 aliphatic rings. The minimum atomic E-state index is -1.05. The van der Waals surface area contributed by atoms with Crippen molar-refractivity contribution in [1.82, 2.24) is 0 Å². The molecule has 0 aliphatic carbocycles. The first-order valence-electron chi connectivity index (χ1n) is 5.16. The molecule has 1 atom stereocenters. The lowest BCUT2D eigenvalue weighted by Crippen LogP contribution is -2.14. The molecule has 1 unspecified atom stereocenters. The van der Waals surface area contributed by atoms with E-state index in [0.717, 1.165) is 11.1 Å². The molecule has 0 aromatic heterocycles. The number of carbonyl (C=O) groups is 1. The maximum Gasteiger partial charge on any atom is 0.329 e. The standard InChI is InChI=1S/C12H15ClO4/c1-7-4-10(13)8(2)3-9(7)11(14)5-17-6-12(15)16/h3-4,11,14H,5-6H2,1-2H3,(H,15,16). The molecule has 0 radical (unpaired) electrons. The summed E-state index contributed by atoms with van der Waals surface area (Å²) in [6.07, 6.45) is -0.842. The largest absolute Gasteiger partial charge is 0.480 e. The van der Waals surface area contributed by atoms with Crippen LogP contribution in [0.2, 0.25) is 5.02 Å². The van der Waals surface area contributed by atoms with E-state index in [1.807, 2.05) is 13.8 Å². The van der Waals surface area contributed by atoms with E-state index in [1.54, 1.807) is 12.1 Å². The van der Waals surface area contributed by atoms with Crippen LogP contribution in [0, 0.1) is 13.8 Å². The average molecular weight is 259 g/mol. The predicted octanol–water partition coefficient (Wildman–Crippen LogP) is 2.09. The normalized spacial score (nSPS) is 12.5. The smallest absolute Gasteiger partial charge is 0.329 e. The first-order valence-corrected chi connectivity index (χ1v) is 5.54. The van der Waals surface area contributed by atoms with Crippen molar-refractivity contribution >= 4 is 17.6 Å². The van der Waals surface area contributed by atoms with E-state index < -0.39 is 18.7 Å². The van der Waals surface area contributed by atoms with Gasteiger partial charge in [-0.05, 0) is 36.6 Å².